The van der Waals surface area contributed by atoms with Gasteiger partial charge < -0.3 is 20.5 Å². The van der Waals surface area contributed by atoms with E-state index < -0.39 is 16.3 Å². The molecule has 0 saturated heterocycles. The van der Waals surface area contributed by atoms with Crippen LogP contribution in [0, 0.1) is 0 Å². The first-order chi connectivity index (χ1) is 16.4. The van der Waals surface area contributed by atoms with Crippen LogP contribution in [-0.2, 0) is 14.8 Å². The van der Waals surface area contributed by atoms with E-state index in [1.165, 1.54) is 4.31 Å². The minimum absolute atomic E-state index is 0.0705. The zero-order valence-corrected chi connectivity index (χ0v) is 21.8. The number of hydrogen-bond donors (Lipinski definition) is 2. The van der Waals surface area contributed by atoms with E-state index in [1.54, 1.807) is 25.1 Å². The SMILES string of the molecule is CCCCCCCS(=O)(=O)N(c1ccccc1NCCOc1ccc(Cl)cc1)C(C)OCCN. The van der Waals surface area contributed by atoms with Crippen molar-refractivity contribution < 1.29 is 17.9 Å². The Morgan fingerprint density at radius 3 is 2.44 bits per heavy atom. The zero-order chi connectivity index (χ0) is 24.8. The summed E-state index contributed by atoms with van der Waals surface area (Å²) >= 11 is 5.91. The molecule has 0 aromatic heterocycles. The van der Waals surface area contributed by atoms with Crippen molar-refractivity contribution in [2.75, 3.05) is 41.7 Å². The highest BCUT2D eigenvalue weighted by Crippen LogP contribution is 2.31. The van der Waals surface area contributed by atoms with Gasteiger partial charge in [-0.05, 0) is 49.7 Å². The highest BCUT2D eigenvalue weighted by atomic mass is 35.5. The van der Waals surface area contributed by atoms with Gasteiger partial charge in [0, 0.05) is 18.1 Å². The quantitative estimate of drug-likeness (QED) is 0.222. The number of ether oxygens (including phenoxy) is 2. The largest absolute Gasteiger partial charge is 0.492 e. The lowest BCUT2D eigenvalue weighted by atomic mass is 10.2. The topological polar surface area (TPSA) is 93.9 Å². The van der Waals surface area contributed by atoms with Crippen LogP contribution in [0.15, 0.2) is 48.5 Å². The van der Waals surface area contributed by atoms with Crippen LogP contribution in [-0.4, -0.2) is 46.7 Å². The van der Waals surface area contributed by atoms with Gasteiger partial charge in [0.2, 0.25) is 10.0 Å². The fraction of sp³-hybridized carbons (Fsp3) is 0.520. The van der Waals surface area contributed by atoms with Crippen LogP contribution < -0.4 is 20.1 Å². The van der Waals surface area contributed by atoms with Crippen molar-refractivity contribution in [3.05, 3.63) is 53.6 Å². The third-order valence-corrected chi connectivity index (χ3v) is 7.40. The van der Waals surface area contributed by atoms with E-state index in [0.29, 0.717) is 42.5 Å². The molecule has 0 saturated carbocycles. The Labute approximate surface area is 209 Å². The molecule has 3 N–H and O–H groups in total. The van der Waals surface area contributed by atoms with Crippen molar-refractivity contribution >= 4 is 33.0 Å². The molecule has 0 bridgehead atoms. The van der Waals surface area contributed by atoms with Gasteiger partial charge in [0.05, 0.1) is 23.7 Å². The van der Waals surface area contributed by atoms with Gasteiger partial charge in [0.15, 0.2) is 0 Å². The van der Waals surface area contributed by atoms with E-state index in [0.717, 1.165) is 31.4 Å². The van der Waals surface area contributed by atoms with Crippen LogP contribution in [0.1, 0.15) is 46.0 Å². The third-order valence-electron chi connectivity index (χ3n) is 5.25. The number of benzene rings is 2. The lowest BCUT2D eigenvalue weighted by Gasteiger charge is -2.32. The molecule has 0 heterocycles. The van der Waals surface area contributed by atoms with Gasteiger partial charge in [-0.1, -0.05) is 56.3 Å². The number of unbranched alkanes of at least 4 members (excludes halogenated alkanes) is 4. The Kier molecular flexibility index (Phi) is 12.5. The first-order valence-corrected chi connectivity index (χ1v) is 13.9. The van der Waals surface area contributed by atoms with Crippen molar-refractivity contribution in [3.63, 3.8) is 0 Å². The Morgan fingerprint density at radius 2 is 1.74 bits per heavy atom. The van der Waals surface area contributed by atoms with Gasteiger partial charge >= 0.3 is 0 Å². The zero-order valence-electron chi connectivity index (χ0n) is 20.2. The predicted octanol–water partition coefficient (Wildman–Crippen LogP) is 5.26. The first kappa shape index (κ1) is 28.2. The minimum Gasteiger partial charge on any atom is -0.492 e. The third kappa shape index (κ3) is 9.33. The van der Waals surface area contributed by atoms with Gasteiger partial charge in [-0.2, -0.15) is 0 Å². The van der Waals surface area contributed by atoms with E-state index in [1.807, 2.05) is 30.3 Å². The van der Waals surface area contributed by atoms with E-state index >= 15 is 0 Å². The molecule has 0 aliphatic heterocycles. The van der Waals surface area contributed by atoms with Crippen molar-refractivity contribution in [1.29, 1.82) is 0 Å². The Morgan fingerprint density at radius 1 is 1.03 bits per heavy atom. The summed E-state index contributed by atoms with van der Waals surface area (Å²) in [6, 6.07) is 14.5. The van der Waals surface area contributed by atoms with E-state index in [4.69, 9.17) is 26.8 Å². The molecule has 0 aliphatic carbocycles. The lowest BCUT2D eigenvalue weighted by molar-refractivity contribution is 0.0802. The van der Waals surface area contributed by atoms with E-state index in [9.17, 15) is 8.42 Å². The lowest BCUT2D eigenvalue weighted by Crippen LogP contribution is -2.42. The number of hydrogen-bond acceptors (Lipinski definition) is 6. The molecule has 0 amide bonds. The summed E-state index contributed by atoms with van der Waals surface area (Å²) in [5, 5.41) is 3.96. The normalized spacial score (nSPS) is 12.4. The smallest absolute Gasteiger partial charge is 0.237 e. The maximum absolute atomic E-state index is 13.4. The maximum Gasteiger partial charge on any atom is 0.237 e. The van der Waals surface area contributed by atoms with Crippen LogP contribution in [0.2, 0.25) is 5.02 Å². The molecule has 34 heavy (non-hydrogen) atoms. The standard InChI is InChI=1S/C25H38ClN3O4S/c1-3-4-5-6-9-20-34(30,31)29(21(2)32-18-16-27)25-11-8-7-10-24(25)28-17-19-33-23-14-12-22(26)13-15-23/h7-8,10-15,21,28H,3-6,9,16-20,27H2,1-2H3. The molecule has 2 aromatic rings. The molecule has 7 nitrogen and oxygen atoms in total. The summed E-state index contributed by atoms with van der Waals surface area (Å²) in [5.74, 6) is 0.789. The van der Waals surface area contributed by atoms with Crippen LogP contribution in [0.3, 0.4) is 0 Å². The Bertz CT molecular complexity index is 941. The molecule has 9 heteroatoms. The Hall–Kier alpha value is -2.00. The average molecular weight is 512 g/mol. The van der Waals surface area contributed by atoms with Crippen LogP contribution in [0.5, 0.6) is 5.75 Å². The summed E-state index contributed by atoms with van der Waals surface area (Å²) in [4.78, 5) is 0. The average Bonchev–Trinajstić information content (AvgIpc) is 2.82. The number of nitrogens with one attached hydrogen (secondary N) is 1. The number of halogens is 1. The number of para-hydroxylation sites is 2. The van der Waals surface area contributed by atoms with Crippen LogP contribution in [0.4, 0.5) is 11.4 Å². The molecule has 2 rings (SSSR count). The summed E-state index contributed by atoms with van der Waals surface area (Å²) in [6.07, 6.45) is 4.09. The van der Waals surface area contributed by atoms with E-state index in [-0.39, 0.29) is 12.4 Å². The molecule has 0 aliphatic rings. The van der Waals surface area contributed by atoms with Crippen molar-refractivity contribution in [2.24, 2.45) is 5.73 Å². The number of sulfonamides is 1. The van der Waals surface area contributed by atoms with E-state index in [2.05, 4.69) is 12.2 Å². The van der Waals surface area contributed by atoms with Gasteiger partial charge in [-0.3, -0.25) is 0 Å². The number of rotatable bonds is 17. The number of nitrogens with two attached hydrogens (primary N) is 1. The Balaban J connectivity index is 2.12. The first-order valence-electron chi connectivity index (χ1n) is 11.9. The van der Waals surface area contributed by atoms with Gasteiger partial charge in [0.25, 0.3) is 0 Å². The van der Waals surface area contributed by atoms with Crippen molar-refractivity contribution in [2.45, 2.75) is 52.2 Å². The summed E-state index contributed by atoms with van der Waals surface area (Å²) in [6.45, 7) is 5.36. The van der Waals surface area contributed by atoms with Gasteiger partial charge in [-0.15, -0.1) is 0 Å². The number of nitrogens with zero attached hydrogens (tertiary/aromatic N) is 1. The molecular weight excluding hydrogens is 474 g/mol. The summed E-state index contributed by atoms with van der Waals surface area (Å²) in [7, 11) is -3.61. The van der Waals surface area contributed by atoms with Gasteiger partial charge in [-0.25, -0.2) is 12.7 Å². The summed E-state index contributed by atoms with van der Waals surface area (Å²) in [5.41, 5.74) is 6.83. The molecular formula is C25H38ClN3O4S. The highest BCUT2D eigenvalue weighted by molar-refractivity contribution is 7.92. The van der Waals surface area contributed by atoms with Crippen LogP contribution in [0.25, 0.3) is 0 Å². The fourth-order valence-corrected chi connectivity index (χ4v) is 5.43. The number of anilines is 2. The summed E-state index contributed by atoms with van der Waals surface area (Å²) < 4.78 is 39.7. The second-order valence-electron chi connectivity index (χ2n) is 8.03. The fourth-order valence-electron chi connectivity index (χ4n) is 3.57. The van der Waals surface area contributed by atoms with Crippen LogP contribution >= 0.6 is 11.6 Å². The second kappa shape index (κ2) is 15.1. The van der Waals surface area contributed by atoms with Crippen molar-refractivity contribution in [1.82, 2.24) is 0 Å². The predicted molar refractivity (Wildman–Crippen MR) is 141 cm³/mol. The highest BCUT2D eigenvalue weighted by Gasteiger charge is 2.29. The molecule has 1 unspecified atom stereocenters. The van der Waals surface area contributed by atoms with Gasteiger partial charge in [0.1, 0.15) is 18.6 Å². The minimum atomic E-state index is -3.61. The molecule has 1 atom stereocenters. The maximum atomic E-state index is 13.4. The monoisotopic (exact) mass is 511 g/mol. The molecule has 2 aromatic carbocycles. The van der Waals surface area contributed by atoms with Crippen molar-refractivity contribution in [3.8, 4) is 5.75 Å². The molecule has 0 fully saturated rings. The molecule has 0 spiro atoms. The second-order valence-corrected chi connectivity index (χ2v) is 10.4. The molecule has 190 valence electrons. The molecule has 0 radical (unpaired) electrons.